The third-order valence-corrected chi connectivity index (χ3v) is 4.53. The van der Waals surface area contributed by atoms with E-state index in [2.05, 4.69) is 0 Å². The van der Waals surface area contributed by atoms with Crippen LogP contribution in [-0.2, 0) is 15.6 Å². The molecule has 2 aromatic rings. The summed E-state index contributed by atoms with van der Waals surface area (Å²) >= 11 is 0. The summed E-state index contributed by atoms with van der Waals surface area (Å²) in [4.78, 5) is 0.267. The number of rotatable bonds is 4. The smallest absolute Gasteiger partial charge is 0.309 e. The second-order valence-electron chi connectivity index (χ2n) is 4.26. The van der Waals surface area contributed by atoms with Gasteiger partial charge >= 0.3 is 5.70 Å². The second kappa shape index (κ2) is 6.14. The summed E-state index contributed by atoms with van der Waals surface area (Å²) in [6.07, 6.45) is 3.00. The predicted octanol–water partition coefficient (Wildman–Crippen LogP) is 1.55. The Labute approximate surface area is 122 Å². The first-order valence-electron chi connectivity index (χ1n) is 6.02. The Hall–Kier alpha value is -2.74. The van der Waals surface area contributed by atoms with E-state index in [0.29, 0.717) is 5.56 Å². The van der Waals surface area contributed by atoms with Gasteiger partial charge in [-0.3, -0.25) is 0 Å². The van der Waals surface area contributed by atoms with Crippen LogP contribution < -0.4 is 4.57 Å². The predicted molar refractivity (Wildman–Crippen MR) is 77.7 cm³/mol. The van der Waals surface area contributed by atoms with Crippen molar-refractivity contribution in [1.29, 1.82) is 5.26 Å². The molecule has 0 bridgehead atoms. The highest BCUT2D eigenvalue weighted by Crippen LogP contribution is 2.15. The van der Waals surface area contributed by atoms with Crippen molar-refractivity contribution in [2.75, 3.05) is 0 Å². The Morgan fingerprint density at radius 3 is 2.29 bits per heavy atom. The highest BCUT2D eigenvalue weighted by molar-refractivity contribution is 7.90. The zero-order chi connectivity index (χ0) is 15.3. The molecule has 1 aromatic heterocycles. The fourth-order valence-electron chi connectivity index (χ4n) is 1.77. The van der Waals surface area contributed by atoms with Crippen LogP contribution in [0.2, 0.25) is 0 Å². The van der Waals surface area contributed by atoms with Gasteiger partial charge in [0.1, 0.15) is 0 Å². The molecule has 0 fully saturated rings. The van der Waals surface area contributed by atoms with Gasteiger partial charge in [0.25, 0.3) is 0 Å². The van der Waals surface area contributed by atoms with Gasteiger partial charge in [-0.25, -0.2) is 8.42 Å². The molecule has 104 valence electrons. The fourth-order valence-corrected chi connectivity index (χ4v) is 3.14. The van der Waals surface area contributed by atoms with E-state index in [9.17, 15) is 8.42 Å². The van der Waals surface area contributed by atoms with Crippen molar-refractivity contribution in [3.8, 4) is 6.07 Å². The van der Waals surface area contributed by atoms with Crippen molar-refractivity contribution >= 4 is 21.4 Å². The number of pyridine rings is 1. The maximum atomic E-state index is 12.2. The number of hydrogen-bond donors (Lipinski definition) is 0. The molecule has 0 amide bonds. The van der Waals surface area contributed by atoms with Gasteiger partial charge in [-0.2, -0.15) is 15.7 Å². The van der Waals surface area contributed by atoms with Crippen LogP contribution in [0.3, 0.4) is 0 Å². The molecular formula is C15H11N3O2S. The minimum atomic E-state index is -3.40. The van der Waals surface area contributed by atoms with Gasteiger partial charge in [0, 0.05) is 12.1 Å². The van der Waals surface area contributed by atoms with Crippen molar-refractivity contribution < 1.29 is 13.0 Å². The van der Waals surface area contributed by atoms with Crippen molar-refractivity contribution in [3.05, 3.63) is 65.8 Å². The molecule has 0 saturated carbocycles. The molecule has 0 saturated heterocycles. The third-order valence-electron chi connectivity index (χ3n) is 2.83. The summed E-state index contributed by atoms with van der Waals surface area (Å²) in [6, 6.07) is 13.1. The van der Waals surface area contributed by atoms with E-state index in [0.717, 1.165) is 0 Å². The van der Waals surface area contributed by atoms with Crippen LogP contribution in [0.4, 0.5) is 0 Å². The van der Waals surface area contributed by atoms with Crippen LogP contribution in [0.1, 0.15) is 5.56 Å². The molecule has 5 nitrogen and oxygen atoms in total. The van der Waals surface area contributed by atoms with Crippen LogP contribution in [0.5, 0.6) is 0 Å². The Balaban J connectivity index is 2.26. The van der Waals surface area contributed by atoms with E-state index >= 15 is 0 Å². The van der Waals surface area contributed by atoms with E-state index < -0.39 is 9.84 Å². The Kier molecular flexibility index (Phi) is 4.29. The number of nitriles is 1. The molecule has 1 heterocycles. The molecule has 0 aliphatic heterocycles. The molecule has 0 aliphatic rings. The zero-order valence-corrected chi connectivity index (χ0v) is 11.8. The molecule has 1 aromatic carbocycles. The molecule has 0 atom stereocenters. The van der Waals surface area contributed by atoms with E-state index in [1.807, 2.05) is 0 Å². The third kappa shape index (κ3) is 3.42. The molecule has 2 rings (SSSR count). The largest absolute Gasteiger partial charge is 0.757 e. The van der Waals surface area contributed by atoms with E-state index in [1.54, 1.807) is 54.4 Å². The molecule has 0 unspecified atom stereocenters. The monoisotopic (exact) mass is 297 g/mol. The maximum absolute atomic E-state index is 12.2. The zero-order valence-electron chi connectivity index (χ0n) is 11.0. The van der Waals surface area contributed by atoms with Crippen LogP contribution in [-0.4, -0.2) is 14.3 Å². The summed E-state index contributed by atoms with van der Waals surface area (Å²) in [5.74, 6) is 1.63. The highest BCUT2D eigenvalue weighted by Gasteiger charge is 2.16. The summed E-state index contributed by atoms with van der Waals surface area (Å²) in [5, 5.41) is 17.5. The molecule has 0 aliphatic carbocycles. The van der Waals surface area contributed by atoms with E-state index in [1.165, 1.54) is 17.0 Å². The van der Waals surface area contributed by atoms with Crippen molar-refractivity contribution in [2.24, 2.45) is 0 Å². The summed E-state index contributed by atoms with van der Waals surface area (Å²) in [6.45, 7) is 0. The van der Waals surface area contributed by atoms with Gasteiger partial charge in [0.05, 0.1) is 10.6 Å². The normalized spacial score (nSPS) is 10.4. The lowest BCUT2D eigenvalue weighted by molar-refractivity contribution is -0.576. The van der Waals surface area contributed by atoms with Crippen molar-refractivity contribution in [1.82, 2.24) is 0 Å². The van der Waals surface area contributed by atoms with Gasteiger partial charge in [-0.15, -0.1) is 0 Å². The molecule has 21 heavy (non-hydrogen) atoms. The molecular weight excluding hydrogens is 286 g/mol. The number of nitrogens with zero attached hydrogens (tertiary/aromatic N) is 3. The first-order valence-corrected chi connectivity index (χ1v) is 7.67. The van der Waals surface area contributed by atoms with Gasteiger partial charge < -0.3 is 5.41 Å². The number of allylic oxidation sites excluding steroid dienone is 1. The topological polar surface area (TPSA) is 84.1 Å². The van der Waals surface area contributed by atoms with Gasteiger partial charge in [-0.05, 0) is 17.7 Å². The minimum Gasteiger partial charge on any atom is -0.757 e. The lowest BCUT2D eigenvalue weighted by atomic mass is 10.3. The lowest BCUT2D eigenvalue weighted by Gasteiger charge is -2.03. The van der Waals surface area contributed by atoms with Gasteiger partial charge in [0.15, 0.2) is 28.3 Å². The average molecular weight is 297 g/mol. The molecule has 0 N–H and O–H groups in total. The van der Waals surface area contributed by atoms with Crippen molar-refractivity contribution in [3.63, 3.8) is 0 Å². The quantitative estimate of drug-likeness (QED) is 0.487. The number of hydrogen-bond acceptors (Lipinski definition) is 3. The first-order chi connectivity index (χ1) is 10.1. The van der Waals surface area contributed by atoms with Crippen LogP contribution >= 0.6 is 0 Å². The first kappa shape index (κ1) is 14.7. The van der Waals surface area contributed by atoms with Crippen LogP contribution in [0.15, 0.2) is 59.8 Å². The second-order valence-corrected chi connectivity index (χ2v) is 6.25. The number of aromatic nitrogens is 1. The highest BCUT2D eigenvalue weighted by atomic mass is 32.2. The fraction of sp³-hybridized carbons (Fsp3) is 0.0667. The minimum absolute atomic E-state index is 0.0764. The van der Waals surface area contributed by atoms with Crippen LogP contribution in [0, 0.1) is 11.3 Å². The standard InChI is InChI=1S/C15H11N3O2S/c16-10-14(11-17)18-8-6-13(7-9-18)12-21(19,20)15-4-2-1-3-5-15/h1-9H,12H2. The Morgan fingerprint density at radius 2 is 1.76 bits per heavy atom. The SMILES string of the molecule is N#CC(=C=[N-])[n+]1ccc(CS(=O)(=O)c2ccccc2)cc1. The Morgan fingerprint density at radius 1 is 1.14 bits per heavy atom. The van der Waals surface area contributed by atoms with Gasteiger partial charge in [0.2, 0.25) is 0 Å². The van der Waals surface area contributed by atoms with Gasteiger partial charge in [-0.1, -0.05) is 18.2 Å². The van der Waals surface area contributed by atoms with Crippen LogP contribution in [0.25, 0.3) is 11.1 Å². The number of benzene rings is 1. The lowest BCUT2D eigenvalue weighted by Crippen LogP contribution is -2.31. The molecule has 6 heteroatoms. The van der Waals surface area contributed by atoms with E-state index in [-0.39, 0.29) is 16.3 Å². The Bertz CT molecular complexity index is 829. The molecule has 0 radical (unpaired) electrons. The summed E-state index contributed by atoms with van der Waals surface area (Å²) in [7, 11) is -3.40. The maximum Gasteiger partial charge on any atom is 0.309 e. The number of sulfone groups is 1. The summed E-state index contributed by atoms with van der Waals surface area (Å²) in [5.41, 5.74) is 0.512. The average Bonchev–Trinajstić information content (AvgIpc) is 2.51. The summed E-state index contributed by atoms with van der Waals surface area (Å²) < 4.78 is 25.8. The van der Waals surface area contributed by atoms with Crippen molar-refractivity contribution in [2.45, 2.75) is 10.6 Å². The molecule has 0 spiro atoms. The van der Waals surface area contributed by atoms with E-state index in [4.69, 9.17) is 10.7 Å².